The fourth-order valence-electron chi connectivity index (χ4n) is 1.92. The van der Waals surface area contributed by atoms with Gasteiger partial charge in [-0.3, -0.25) is 18.9 Å². The molecule has 0 aromatic carbocycles. The molecule has 1 aliphatic rings. The number of aliphatic hydroxyl groups excluding tert-OH is 2. The van der Waals surface area contributed by atoms with Gasteiger partial charge in [-0.25, -0.2) is 9.36 Å². The number of hydrogen-bond acceptors (Lipinski definition) is 7. The summed E-state index contributed by atoms with van der Waals surface area (Å²) in [6.45, 7) is -0.696. The predicted octanol–water partition coefficient (Wildman–Crippen LogP) is -1.97. The second kappa shape index (κ2) is 6.34. The third-order valence-electron chi connectivity index (χ3n) is 2.94. The van der Waals surface area contributed by atoms with Gasteiger partial charge < -0.3 is 24.7 Å². The number of hydrogen-bond donors (Lipinski definition) is 5. The average molecular weight is 403 g/mol. The summed E-state index contributed by atoms with van der Waals surface area (Å²) in [5, 5.41) is 19.7. The smallest absolute Gasteiger partial charge is 0.387 e. The number of nitrogens with one attached hydrogen (secondary N) is 1. The van der Waals surface area contributed by atoms with Crippen LogP contribution in [0, 0.1) is 0 Å². The van der Waals surface area contributed by atoms with Crippen LogP contribution in [0.2, 0.25) is 0 Å². The molecule has 13 heteroatoms. The number of phosphoric ester groups is 1. The lowest BCUT2D eigenvalue weighted by molar-refractivity contribution is -0.0544. The van der Waals surface area contributed by atoms with E-state index in [0.29, 0.717) is 0 Å². The number of halogens is 1. The van der Waals surface area contributed by atoms with E-state index in [9.17, 15) is 24.4 Å². The Morgan fingerprint density at radius 2 is 2.00 bits per heavy atom. The summed E-state index contributed by atoms with van der Waals surface area (Å²) < 4.78 is 20.9. The topological polar surface area (TPSA) is 171 Å². The van der Waals surface area contributed by atoms with Crippen LogP contribution in [0.4, 0.5) is 0 Å². The van der Waals surface area contributed by atoms with Gasteiger partial charge in [-0.15, -0.1) is 0 Å². The van der Waals surface area contributed by atoms with Crippen LogP contribution in [0.1, 0.15) is 6.23 Å². The molecule has 0 aliphatic carbocycles. The molecule has 0 unspecified atom stereocenters. The van der Waals surface area contributed by atoms with E-state index in [4.69, 9.17) is 14.5 Å². The van der Waals surface area contributed by atoms with E-state index >= 15 is 0 Å². The molecule has 2 rings (SSSR count). The van der Waals surface area contributed by atoms with Gasteiger partial charge in [0.25, 0.3) is 5.56 Å². The van der Waals surface area contributed by atoms with Gasteiger partial charge in [-0.2, -0.15) is 0 Å². The molecule has 0 radical (unpaired) electrons. The summed E-state index contributed by atoms with van der Waals surface area (Å²) >= 11 is 2.90. The van der Waals surface area contributed by atoms with E-state index in [1.165, 1.54) is 0 Å². The minimum Gasteiger partial charge on any atom is -0.387 e. The maximum absolute atomic E-state index is 11.7. The number of phosphoric acid groups is 1. The van der Waals surface area contributed by atoms with Gasteiger partial charge in [-0.1, -0.05) is 0 Å². The van der Waals surface area contributed by atoms with Gasteiger partial charge in [0.1, 0.15) is 18.3 Å². The molecule has 4 atom stereocenters. The van der Waals surface area contributed by atoms with E-state index in [-0.39, 0.29) is 4.47 Å². The SMILES string of the molecule is O=c1[nH]c(=O)n([C@H]2O[C@@H](COP(=O)(O)O)[C@H](O)[C@@H]2O)cc1Br. The molecule has 1 saturated heterocycles. The number of aromatic amines is 1. The molecule has 1 aromatic heterocycles. The molecule has 1 aromatic rings. The molecule has 1 fully saturated rings. The van der Waals surface area contributed by atoms with Crippen molar-refractivity contribution in [1.29, 1.82) is 0 Å². The van der Waals surface area contributed by atoms with Crippen molar-refractivity contribution in [2.24, 2.45) is 0 Å². The van der Waals surface area contributed by atoms with Crippen LogP contribution < -0.4 is 11.2 Å². The highest BCUT2D eigenvalue weighted by molar-refractivity contribution is 9.10. The zero-order valence-electron chi connectivity index (χ0n) is 10.7. The van der Waals surface area contributed by atoms with Gasteiger partial charge in [0, 0.05) is 6.20 Å². The summed E-state index contributed by atoms with van der Waals surface area (Å²) in [6, 6.07) is 0. The maximum atomic E-state index is 11.7. The molecule has 2 heterocycles. The lowest BCUT2D eigenvalue weighted by Crippen LogP contribution is -2.38. The fourth-order valence-corrected chi connectivity index (χ4v) is 2.58. The molecular weight excluding hydrogens is 391 g/mol. The molecule has 5 N–H and O–H groups in total. The Hall–Kier alpha value is -0.850. The van der Waals surface area contributed by atoms with Crippen molar-refractivity contribution in [1.82, 2.24) is 9.55 Å². The van der Waals surface area contributed by atoms with Crippen molar-refractivity contribution >= 4 is 23.8 Å². The quantitative estimate of drug-likeness (QED) is 0.358. The summed E-state index contributed by atoms with van der Waals surface area (Å²) in [7, 11) is -4.78. The first-order valence-corrected chi connectivity index (χ1v) is 8.15. The minimum atomic E-state index is -4.78. The van der Waals surface area contributed by atoms with Crippen molar-refractivity contribution in [2.75, 3.05) is 6.61 Å². The van der Waals surface area contributed by atoms with Gasteiger partial charge >= 0.3 is 13.5 Å². The average Bonchev–Trinajstić information content (AvgIpc) is 2.68. The van der Waals surface area contributed by atoms with E-state index in [0.717, 1.165) is 10.8 Å². The van der Waals surface area contributed by atoms with Crippen LogP contribution in [0.5, 0.6) is 0 Å². The van der Waals surface area contributed by atoms with Crippen molar-refractivity contribution < 1.29 is 33.8 Å². The molecule has 11 nitrogen and oxygen atoms in total. The Bertz CT molecular complexity index is 712. The van der Waals surface area contributed by atoms with Crippen molar-refractivity contribution in [3.05, 3.63) is 31.5 Å². The first-order valence-electron chi connectivity index (χ1n) is 5.83. The highest BCUT2D eigenvalue weighted by Gasteiger charge is 2.45. The first-order chi connectivity index (χ1) is 10.1. The molecular formula is C9H12BrN2O9P. The molecule has 22 heavy (non-hydrogen) atoms. The van der Waals surface area contributed by atoms with E-state index < -0.39 is 50.2 Å². The highest BCUT2D eigenvalue weighted by atomic mass is 79.9. The van der Waals surface area contributed by atoms with E-state index in [1.807, 2.05) is 4.98 Å². The maximum Gasteiger partial charge on any atom is 0.469 e. The van der Waals surface area contributed by atoms with Crippen LogP contribution >= 0.6 is 23.8 Å². The second-order valence-corrected chi connectivity index (χ2v) is 6.57. The standard InChI is InChI=1S/C9H12BrN2O9P/c10-3-1-12(9(16)11-7(3)15)8-6(14)5(13)4(21-8)2-20-22(17,18)19/h1,4-6,8,13-14H,2H2,(H,11,15,16)(H2,17,18,19)/t4-,5-,6-,8-/m0/s1. The molecule has 0 bridgehead atoms. The second-order valence-electron chi connectivity index (χ2n) is 4.48. The van der Waals surface area contributed by atoms with Gasteiger partial charge in [0.15, 0.2) is 6.23 Å². The van der Waals surface area contributed by atoms with Gasteiger partial charge in [0.2, 0.25) is 0 Å². The van der Waals surface area contributed by atoms with E-state index in [2.05, 4.69) is 20.5 Å². The third-order valence-corrected chi connectivity index (χ3v) is 3.99. The van der Waals surface area contributed by atoms with Crippen LogP contribution in [0.15, 0.2) is 20.3 Å². The van der Waals surface area contributed by atoms with Crippen molar-refractivity contribution in [3.8, 4) is 0 Å². The Morgan fingerprint density at radius 1 is 1.36 bits per heavy atom. The molecule has 0 saturated carbocycles. The Kier molecular flexibility index (Phi) is 5.04. The van der Waals surface area contributed by atoms with Crippen LogP contribution in [-0.2, 0) is 13.8 Å². The Labute approximate surface area is 130 Å². The summed E-state index contributed by atoms with van der Waals surface area (Å²) in [4.78, 5) is 42.2. The predicted molar refractivity (Wildman–Crippen MR) is 72.9 cm³/mol. The summed E-state index contributed by atoms with van der Waals surface area (Å²) in [6.07, 6.45) is -4.69. The monoisotopic (exact) mass is 402 g/mol. The Balaban J connectivity index is 2.23. The zero-order valence-corrected chi connectivity index (χ0v) is 13.2. The number of nitrogens with zero attached hydrogens (tertiary/aromatic N) is 1. The number of aromatic nitrogens is 2. The normalized spacial score (nSPS) is 29.0. The molecule has 0 amide bonds. The molecule has 1 aliphatic heterocycles. The first kappa shape index (κ1) is 17.5. The van der Waals surface area contributed by atoms with Gasteiger partial charge in [-0.05, 0) is 15.9 Å². The number of aliphatic hydroxyl groups is 2. The van der Waals surface area contributed by atoms with Gasteiger partial charge in [0.05, 0.1) is 11.1 Å². The largest absolute Gasteiger partial charge is 0.469 e. The zero-order chi connectivity index (χ0) is 16.7. The third kappa shape index (κ3) is 3.73. The number of ether oxygens (including phenoxy) is 1. The van der Waals surface area contributed by atoms with Crippen LogP contribution in [0.25, 0.3) is 0 Å². The number of rotatable bonds is 4. The summed E-state index contributed by atoms with van der Waals surface area (Å²) in [5.41, 5.74) is -1.57. The molecule has 124 valence electrons. The lowest BCUT2D eigenvalue weighted by Gasteiger charge is -2.17. The highest BCUT2D eigenvalue weighted by Crippen LogP contribution is 2.38. The summed E-state index contributed by atoms with van der Waals surface area (Å²) in [5.74, 6) is 0. The van der Waals surface area contributed by atoms with E-state index in [1.54, 1.807) is 0 Å². The van der Waals surface area contributed by atoms with Crippen LogP contribution in [0.3, 0.4) is 0 Å². The molecule has 0 spiro atoms. The van der Waals surface area contributed by atoms with Crippen molar-refractivity contribution in [3.63, 3.8) is 0 Å². The number of H-pyrrole nitrogens is 1. The lowest BCUT2D eigenvalue weighted by atomic mass is 10.1. The Morgan fingerprint density at radius 3 is 2.59 bits per heavy atom. The van der Waals surface area contributed by atoms with Crippen LogP contribution in [-0.4, -0.2) is 54.5 Å². The van der Waals surface area contributed by atoms with Crippen molar-refractivity contribution in [2.45, 2.75) is 24.5 Å². The minimum absolute atomic E-state index is 0.00712. The fraction of sp³-hybridized carbons (Fsp3) is 0.556.